The minimum atomic E-state index is -0.404. The molecule has 0 spiro atoms. The van der Waals surface area contributed by atoms with Crippen molar-refractivity contribution in [3.05, 3.63) is 35.9 Å². The summed E-state index contributed by atoms with van der Waals surface area (Å²) in [5, 5.41) is 0. The second-order valence-electron chi connectivity index (χ2n) is 5.01. The molecule has 0 radical (unpaired) electrons. The number of benzene rings is 1. The minimum Gasteiger partial charge on any atom is -0.459 e. The first-order valence-electron chi connectivity index (χ1n) is 7.41. The highest BCUT2D eigenvalue weighted by Crippen LogP contribution is 2.15. The molecule has 0 saturated heterocycles. The third kappa shape index (κ3) is 6.84. The predicted octanol–water partition coefficient (Wildman–Crippen LogP) is 3.34. The van der Waals surface area contributed by atoms with Gasteiger partial charge in [0.1, 0.15) is 6.10 Å². The number of unbranched alkanes of at least 4 members (excludes halogenated alkanes) is 1. The first-order chi connectivity index (χ1) is 10.2. The van der Waals surface area contributed by atoms with Gasteiger partial charge >= 0.3 is 5.97 Å². The lowest BCUT2D eigenvalue weighted by Gasteiger charge is -2.17. The van der Waals surface area contributed by atoms with Crippen LogP contribution >= 0.6 is 0 Å². The molecule has 0 aromatic heterocycles. The Bertz CT molecular complexity index is 453. The summed E-state index contributed by atoms with van der Waals surface area (Å²) in [6.07, 6.45) is 4.31. The summed E-state index contributed by atoms with van der Waals surface area (Å²) in [4.78, 5) is 33.3. The maximum absolute atomic E-state index is 12.0. The second-order valence-corrected chi connectivity index (χ2v) is 5.01. The van der Waals surface area contributed by atoms with E-state index in [-0.39, 0.29) is 18.5 Å². The molecule has 0 aliphatic heterocycles. The van der Waals surface area contributed by atoms with E-state index in [4.69, 9.17) is 4.74 Å². The van der Waals surface area contributed by atoms with Gasteiger partial charge < -0.3 is 4.74 Å². The van der Waals surface area contributed by atoms with Crippen LogP contribution in [0.25, 0.3) is 0 Å². The molecule has 0 N–H and O–H groups in total. The van der Waals surface area contributed by atoms with Crippen molar-refractivity contribution in [2.75, 3.05) is 0 Å². The molecule has 0 bridgehead atoms. The average molecular weight is 290 g/mol. The van der Waals surface area contributed by atoms with Crippen molar-refractivity contribution >= 4 is 18.0 Å². The van der Waals surface area contributed by atoms with E-state index in [2.05, 4.69) is 6.92 Å². The van der Waals surface area contributed by atoms with E-state index in [0.29, 0.717) is 24.7 Å². The number of Topliss-reactive ketones (excluding diaryl/α,β-unsaturated/α-hetero) is 1. The van der Waals surface area contributed by atoms with Crippen molar-refractivity contribution in [1.29, 1.82) is 0 Å². The summed E-state index contributed by atoms with van der Waals surface area (Å²) in [5.41, 5.74) is 0.531. The quantitative estimate of drug-likeness (QED) is 0.377. The van der Waals surface area contributed by atoms with Crippen LogP contribution in [-0.2, 0) is 14.3 Å². The SMILES string of the molecule is CCCCC(CCCC(=O)C=O)OC(=O)c1ccccc1. The van der Waals surface area contributed by atoms with Crippen LogP contribution < -0.4 is 0 Å². The fourth-order valence-electron chi connectivity index (χ4n) is 2.05. The van der Waals surface area contributed by atoms with Crippen molar-refractivity contribution < 1.29 is 19.1 Å². The number of ether oxygens (including phenoxy) is 1. The van der Waals surface area contributed by atoms with Gasteiger partial charge in [0.2, 0.25) is 0 Å². The Balaban J connectivity index is 2.50. The molecule has 0 heterocycles. The van der Waals surface area contributed by atoms with Crippen molar-refractivity contribution in [1.82, 2.24) is 0 Å². The largest absolute Gasteiger partial charge is 0.459 e. The fourth-order valence-corrected chi connectivity index (χ4v) is 2.05. The van der Waals surface area contributed by atoms with Crippen LogP contribution in [-0.4, -0.2) is 24.1 Å². The number of rotatable bonds is 10. The molecule has 4 nitrogen and oxygen atoms in total. The van der Waals surface area contributed by atoms with Crippen LogP contribution in [0.4, 0.5) is 0 Å². The van der Waals surface area contributed by atoms with Crippen LogP contribution in [0.1, 0.15) is 55.8 Å². The van der Waals surface area contributed by atoms with Gasteiger partial charge in [-0.25, -0.2) is 4.79 Å². The van der Waals surface area contributed by atoms with E-state index in [1.165, 1.54) is 0 Å². The van der Waals surface area contributed by atoms with Crippen LogP contribution in [0.5, 0.6) is 0 Å². The molecule has 0 aliphatic rings. The first-order valence-corrected chi connectivity index (χ1v) is 7.41. The molecule has 1 rings (SSSR count). The molecule has 114 valence electrons. The average Bonchev–Trinajstić information content (AvgIpc) is 2.52. The number of esters is 1. The number of ketones is 1. The summed E-state index contributed by atoms with van der Waals surface area (Å²) in [6.45, 7) is 2.08. The molecule has 0 amide bonds. The Morgan fingerprint density at radius 1 is 1.14 bits per heavy atom. The van der Waals surface area contributed by atoms with Crippen molar-refractivity contribution in [3.8, 4) is 0 Å². The van der Waals surface area contributed by atoms with E-state index in [1.54, 1.807) is 24.3 Å². The van der Waals surface area contributed by atoms with E-state index in [1.807, 2.05) is 6.07 Å². The minimum absolute atomic E-state index is 0.197. The Morgan fingerprint density at radius 3 is 2.43 bits per heavy atom. The van der Waals surface area contributed by atoms with Crippen LogP contribution in [0.15, 0.2) is 30.3 Å². The normalized spacial score (nSPS) is 11.7. The van der Waals surface area contributed by atoms with E-state index in [9.17, 15) is 14.4 Å². The standard InChI is InChI=1S/C17H22O4/c1-2-3-11-16(12-7-10-15(19)13-18)21-17(20)14-8-5-4-6-9-14/h4-6,8-9,13,16H,2-3,7,10-12H2,1H3. The molecule has 21 heavy (non-hydrogen) atoms. The third-order valence-electron chi connectivity index (χ3n) is 3.24. The molecule has 1 aromatic carbocycles. The van der Waals surface area contributed by atoms with E-state index in [0.717, 1.165) is 19.3 Å². The molecule has 1 atom stereocenters. The van der Waals surface area contributed by atoms with Crippen molar-refractivity contribution in [3.63, 3.8) is 0 Å². The number of carbonyl (C=O) groups excluding carboxylic acids is 3. The van der Waals surface area contributed by atoms with Gasteiger partial charge in [0.05, 0.1) is 5.56 Å². The Morgan fingerprint density at radius 2 is 1.81 bits per heavy atom. The maximum Gasteiger partial charge on any atom is 0.338 e. The highest BCUT2D eigenvalue weighted by atomic mass is 16.5. The lowest BCUT2D eigenvalue weighted by Crippen LogP contribution is -2.19. The summed E-state index contributed by atoms with van der Waals surface area (Å²) < 4.78 is 5.52. The number of hydrogen-bond acceptors (Lipinski definition) is 4. The van der Waals surface area contributed by atoms with Gasteiger partial charge in [0.25, 0.3) is 0 Å². The second kappa shape index (κ2) is 9.86. The monoisotopic (exact) mass is 290 g/mol. The molecule has 0 aliphatic carbocycles. The molecule has 1 unspecified atom stereocenters. The zero-order valence-corrected chi connectivity index (χ0v) is 12.4. The Labute approximate surface area is 125 Å². The summed E-state index contributed by atoms with van der Waals surface area (Å²) >= 11 is 0. The van der Waals surface area contributed by atoms with Crippen molar-refractivity contribution in [2.24, 2.45) is 0 Å². The Kier molecular flexibility index (Phi) is 8.02. The van der Waals surface area contributed by atoms with Crippen LogP contribution in [0.3, 0.4) is 0 Å². The summed E-state index contributed by atoms with van der Waals surface area (Å²) in [7, 11) is 0. The number of hydrogen-bond donors (Lipinski definition) is 0. The zero-order chi connectivity index (χ0) is 15.5. The van der Waals surface area contributed by atoms with Gasteiger partial charge in [-0.15, -0.1) is 0 Å². The molecular weight excluding hydrogens is 268 g/mol. The molecule has 1 aromatic rings. The van der Waals surface area contributed by atoms with Gasteiger partial charge in [0, 0.05) is 6.42 Å². The highest BCUT2D eigenvalue weighted by Gasteiger charge is 2.16. The smallest absolute Gasteiger partial charge is 0.338 e. The van der Waals surface area contributed by atoms with Crippen molar-refractivity contribution in [2.45, 2.75) is 51.6 Å². The van der Waals surface area contributed by atoms with Gasteiger partial charge in [-0.1, -0.05) is 38.0 Å². The molecule has 0 fully saturated rings. The third-order valence-corrected chi connectivity index (χ3v) is 3.24. The van der Waals surface area contributed by atoms with Crippen LogP contribution in [0, 0.1) is 0 Å². The fraction of sp³-hybridized carbons (Fsp3) is 0.471. The van der Waals surface area contributed by atoms with Gasteiger partial charge in [-0.05, 0) is 31.4 Å². The van der Waals surface area contributed by atoms with Crippen LogP contribution in [0.2, 0.25) is 0 Å². The zero-order valence-electron chi connectivity index (χ0n) is 12.4. The maximum atomic E-state index is 12.0. The van der Waals surface area contributed by atoms with E-state index < -0.39 is 5.78 Å². The molecule has 4 heteroatoms. The van der Waals surface area contributed by atoms with Gasteiger partial charge in [0.15, 0.2) is 12.1 Å². The lowest BCUT2D eigenvalue weighted by atomic mass is 10.0. The Hall–Kier alpha value is -1.97. The molecule has 0 saturated carbocycles. The summed E-state index contributed by atoms with van der Waals surface area (Å²) in [5.74, 6) is -0.739. The topological polar surface area (TPSA) is 60.4 Å². The van der Waals surface area contributed by atoms with Gasteiger partial charge in [-0.3, -0.25) is 9.59 Å². The number of carbonyl (C=O) groups is 3. The van der Waals surface area contributed by atoms with Gasteiger partial charge in [-0.2, -0.15) is 0 Å². The number of aldehydes is 1. The molecular formula is C17H22O4. The van der Waals surface area contributed by atoms with E-state index >= 15 is 0 Å². The first kappa shape index (κ1) is 17.1. The predicted molar refractivity (Wildman–Crippen MR) is 80.1 cm³/mol. The lowest BCUT2D eigenvalue weighted by molar-refractivity contribution is -0.130. The highest BCUT2D eigenvalue weighted by molar-refractivity contribution is 6.24. The summed E-state index contributed by atoms with van der Waals surface area (Å²) in [6, 6.07) is 8.86.